The molecule has 0 radical (unpaired) electrons. The van der Waals surface area contributed by atoms with Crippen LogP contribution in [0.3, 0.4) is 0 Å². The maximum Gasteiger partial charge on any atom is 0.263 e. The minimum Gasteiger partial charge on any atom is -0.369 e. The number of carbonyl (C=O) groups is 1. The Bertz CT molecular complexity index is 945. The Morgan fingerprint density at radius 1 is 1.12 bits per heavy atom. The normalized spacial score (nSPS) is 15.3. The Hall–Kier alpha value is -2.54. The molecular weight excluding hydrogens is 356 g/mol. The summed E-state index contributed by atoms with van der Waals surface area (Å²) in [6, 6.07) is 7.65. The topological polar surface area (TPSA) is 36.4 Å². The van der Waals surface area contributed by atoms with E-state index in [1.165, 1.54) is 23.6 Å². The van der Waals surface area contributed by atoms with Gasteiger partial charge in [0.1, 0.15) is 11.3 Å². The molecule has 4 rings (SSSR count). The van der Waals surface area contributed by atoms with Crippen LogP contribution in [0.4, 0.5) is 14.5 Å². The van der Waals surface area contributed by atoms with Gasteiger partial charge in [-0.15, -0.1) is 11.3 Å². The van der Waals surface area contributed by atoms with Crippen LogP contribution in [-0.4, -0.2) is 42.0 Å². The molecule has 7 heteroatoms. The number of hydrogen-bond acceptors (Lipinski definition) is 4. The highest BCUT2D eigenvalue weighted by molar-refractivity contribution is 7.12. The van der Waals surface area contributed by atoms with Gasteiger partial charge in [-0.05, 0) is 30.0 Å². The van der Waals surface area contributed by atoms with Crippen molar-refractivity contribution in [2.75, 3.05) is 31.1 Å². The SMILES string of the molecule is O=C(c1cccs1)N1CCCN(c2ccnc3c(F)cc(F)cc23)CC1. The van der Waals surface area contributed by atoms with Crippen LogP contribution in [-0.2, 0) is 0 Å². The maximum atomic E-state index is 14.0. The van der Waals surface area contributed by atoms with Gasteiger partial charge >= 0.3 is 0 Å². The number of nitrogens with zero attached hydrogens (tertiary/aromatic N) is 3. The number of fused-ring (bicyclic) bond motifs is 1. The number of rotatable bonds is 2. The number of aromatic nitrogens is 1. The molecule has 1 aromatic carbocycles. The Kier molecular flexibility index (Phi) is 4.55. The lowest BCUT2D eigenvalue weighted by Crippen LogP contribution is -2.34. The van der Waals surface area contributed by atoms with Crippen LogP contribution < -0.4 is 4.90 Å². The van der Waals surface area contributed by atoms with Crippen LogP contribution in [0, 0.1) is 11.6 Å². The highest BCUT2D eigenvalue weighted by Gasteiger charge is 2.22. The molecule has 0 spiro atoms. The zero-order chi connectivity index (χ0) is 18.1. The average molecular weight is 373 g/mol. The van der Waals surface area contributed by atoms with E-state index < -0.39 is 11.6 Å². The molecule has 3 heterocycles. The summed E-state index contributed by atoms with van der Waals surface area (Å²) in [4.78, 5) is 21.3. The third-order valence-electron chi connectivity index (χ3n) is 4.60. The largest absolute Gasteiger partial charge is 0.369 e. The molecule has 1 aliphatic rings. The molecule has 0 aliphatic carbocycles. The molecule has 0 atom stereocenters. The van der Waals surface area contributed by atoms with Gasteiger partial charge in [0.15, 0.2) is 5.82 Å². The fourth-order valence-electron chi connectivity index (χ4n) is 3.36. The predicted molar refractivity (Wildman–Crippen MR) is 98.7 cm³/mol. The van der Waals surface area contributed by atoms with E-state index in [0.29, 0.717) is 31.6 Å². The second-order valence-corrected chi connectivity index (χ2v) is 7.17. The van der Waals surface area contributed by atoms with Crippen molar-refractivity contribution in [3.05, 3.63) is 58.4 Å². The van der Waals surface area contributed by atoms with E-state index in [0.717, 1.165) is 23.1 Å². The summed E-state index contributed by atoms with van der Waals surface area (Å²) in [5.74, 6) is -1.24. The molecule has 26 heavy (non-hydrogen) atoms. The number of anilines is 1. The molecular formula is C19H17F2N3OS. The van der Waals surface area contributed by atoms with Crippen LogP contribution >= 0.6 is 11.3 Å². The first kappa shape index (κ1) is 16.9. The van der Waals surface area contributed by atoms with Gasteiger partial charge in [0.05, 0.1) is 4.88 Å². The monoisotopic (exact) mass is 373 g/mol. The van der Waals surface area contributed by atoms with E-state index in [1.54, 1.807) is 6.07 Å². The number of thiophene rings is 1. The Balaban J connectivity index is 1.60. The van der Waals surface area contributed by atoms with Gasteiger partial charge < -0.3 is 9.80 Å². The fourth-order valence-corrected chi connectivity index (χ4v) is 4.05. The molecule has 1 amide bonds. The number of pyridine rings is 1. The van der Waals surface area contributed by atoms with E-state index in [2.05, 4.69) is 9.88 Å². The summed E-state index contributed by atoms with van der Waals surface area (Å²) < 4.78 is 27.7. The summed E-state index contributed by atoms with van der Waals surface area (Å²) in [6.07, 6.45) is 2.33. The van der Waals surface area contributed by atoms with Crippen molar-refractivity contribution < 1.29 is 13.6 Å². The van der Waals surface area contributed by atoms with Gasteiger partial charge in [0.2, 0.25) is 0 Å². The summed E-state index contributed by atoms with van der Waals surface area (Å²) >= 11 is 1.44. The molecule has 1 aliphatic heterocycles. The smallest absolute Gasteiger partial charge is 0.263 e. The zero-order valence-electron chi connectivity index (χ0n) is 14.0. The molecule has 0 unspecified atom stereocenters. The van der Waals surface area contributed by atoms with Gasteiger partial charge in [-0.1, -0.05) is 6.07 Å². The lowest BCUT2D eigenvalue weighted by atomic mass is 10.1. The highest BCUT2D eigenvalue weighted by Crippen LogP contribution is 2.29. The molecule has 3 aromatic rings. The minimum absolute atomic E-state index is 0.0403. The summed E-state index contributed by atoms with van der Waals surface area (Å²) in [6.45, 7) is 2.55. The van der Waals surface area contributed by atoms with Crippen LogP contribution in [0.1, 0.15) is 16.1 Å². The zero-order valence-corrected chi connectivity index (χ0v) is 14.8. The van der Waals surface area contributed by atoms with Crippen molar-refractivity contribution in [1.29, 1.82) is 0 Å². The van der Waals surface area contributed by atoms with E-state index in [4.69, 9.17) is 0 Å². The van der Waals surface area contributed by atoms with Gasteiger partial charge in [-0.3, -0.25) is 9.78 Å². The van der Waals surface area contributed by atoms with Gasteiger partial charge in [-0.25, -0.2) is 8.78 Å². The predicted octanol–water partition coefficient (Wildman–Crippen LogP) is 3.93. The van der Waals surface area contributed by atoms with E-state index in [-0.39, 0.29) is 11.4 Å². The number of halogens is 2. The van der Waals surface area contributed by atoms with E-state index in [1.807, 2.05) is 22.4 Å². The van der Waals surface area contributed by atoms with Crippen molar-refractivity contribution in [2.24, 2.45) is 0 Å². The lowest BCUT2D eigenvalue weighted by molar-refractivity contribution is 0.0772. The van der Waals surface area contributed by atoms with Crippen molar-refractivity contribution in [3.63, 3.8) is 0 Å². The molecule has 1 saturated heterocycles. The third-order valence-corrected chi connectivity index (χ3v) is 5.45. The van der Waals surface area contributed by atoms with Crippen molar-refractivity contribution in [1.82, 2.24) is 9.88 Å². The Morgan fingerprint density at radius 3 is 2.81 bits per heavy atom. The average Bonchev–Trinajstić information content (AvgIpc) is 3.06. The fraction of sp³-hybridized carbons (Fsp3) is 0.263. The van der Waals surface area contributed by atoms with Crippen molar-refractivity contribution in [3.8, 4) is 0 Å². The van der Waals surface area contributed by atoms with Crippen LogP contribution in [0.25, 0.3) is 10.9 Å². The summed E-state index contributed by atoms with van der Waals surface area (Å²) in [7, 11) is 0. The van der Waals surface area contributed by atoms with Crippen LogP contribution in [0.15, 0.2) is 41.9 Å². The molecule has 4 nitrogen and oxygen atoms in total. The standard InChI is InChI=1S/C19H17F2N3OS/c20-13-11-14-16(4-5-22-18(14)15(21)12-13)23-6-2-7-24(9-8-23)19(25)17-3-1-10-26-17/h1,3-5,10-12H,2,6-9H2. The molecule has 0 bridgehead atoms. The van der Waals surface area contributed by atoms with E-state index >= 15 is 0 Å². The second kappa shape index (κ2) is 6.99. The Labute approximate surface area is 153 Å². The molecule has 2 aromatic heterocycles. The molecule has 0 N–H and O–H groups in total. The number of amides is 1. The van der Waals surface area contributed by atoms with Gasteiger partial charge in [0.25, 0.3) is 5.91 Å². The number of benzene rings is 1. The second-order valence-electron chi connectivity index (χ2n) is 6.22. The molecule has 1 fully saturated rings. The first-order valence-corrected chi connectivity index (χ1v) is 9.33. The van der Waals surface area contributed by atoms with E-state index in [9.17, 15) is 13.6 Å². The quantitative estimate of drug-likeness (QED) is 0.683. The van der Waals surface area contributed by atoms with Crippen molar-refractivity contribution >= 4 is 33.8 Å². The summed E-state index contributed by atoms with van der Waals surface area (Å²) in [5, 5.41) is 2.35. The first-order valence-electron chi connectivity index (χ1n) is 8.45. The number of hydrogen-bond donors (Lipinski definition) is 0. The lowest BCUT2D eigenvalue weighted by Gasteiger charge is -2.24. The van der Waals surface area contributed by atoms with Gasteiger partial charge in [0, 0.05) is 49.5 Å². The molecule has 134 valence electrons. The minimum atomic E-state index is -0.661. The maximum absolute atomic E-state index is 14.0. The molecule has 0 saturated carbocycles. The van der Waals surface area contributed by atoms with Crippen molar-refractivity contribution in [2.45, 2.75) is 6.42 Å². The Morgan fingerprint density at radius 2 is 2.00 bits per heavy atom. The van der Waals surface area contributed by atoms with Crippen LogP contribution in [0.5, 0.6) is 0 Å². The summed E-state index contributed by atoms with van der Waals surface area (Å²) in [5.41, 5.74) is 0.915. The third kappa shape index (κ3) is 3.14. The van der Waals surface area contributed by atoms with Crippen LogP contribution in [0.2, 0.25) is 0 Å². The van der Waals surface area contributed by atoms with Gasteiger partial charge in [-0.2, -0.15) is 0 Å². The number of carbonyl (C=O) groups excluding carboxylic acids is 1. The first-order chi connectivity index (χ1) is 12.6. The highest BCUT2D eigenvalue weighted by atomic mass is 32.1.